The van der Waals surface area contributed by atoms with Gasteiger partial charge in [0.05, 0.1) is 30.7 Å². The number of hydrogen-bond acceptors (Lipinski definition) is 4. The largest absolute Gasteiger partial charge is 0.463 e. The van der Waals surface area contributed by atoms with Crippen molar-refractivity contribution in [3.05, 3.63) is 95.8 Å². The molecule has 5 heterocycles. The lowest BCUT2D eigenvalue weighted by Gasteiger charge is -2.17. The molecule has 1 aliphatic heterocycles. The Bertz CT molecular complexity index is 1410. The van der Waals surface area contributed by atoms with E-state index >= 15 is 0 Å². The molecule has 1 aromatic carbocycles. The van der Waals surface area contributed by atoms with Gasteiger partial charge in [0.25, 0.3) is 5.91 Å². The number of carbonyl (C=O) groups excluding carboxylic acids is 1. The molecule has 4 aromatic heterocycles. The standard InChI is InChI=1S/C24H20N6O2/c1-16-7-2-3-8-21(16)30-23(28-10-4-5-11-28)17-14-29(15-20(17)27-30)24(31)19-13-18(25-26-19)22-9-6-12-32-22/h2-13H,14-15H2,1H3,(H,25,26). The van der Waals surface area contributed by atoms with Gasteiger partial charge in [-0.1, -0.05) is 18.2 Å². The SMILES string of the molecule is Cc1ccccc1-n1nc2c(c1-n1cccc1)CN(C(=O)c1cc(-c3ccco3)[nH]n1)C2. The third-order valence-electron chi connectivity index (χ3n) is 5.79. The lowest BCUT2D eigenvalue weighted by atomic mass is 10.2. The Morgan fingerprint density at radius 1 is 1.06 bits per heavy atom. The molecule has 0 spiro atoms. The molecule has 0 aliphatic carbocycles. The molecule has 8 heteroatoms. The Labute approximate surface area is 183 Å². The molecule has 1 amide bonds. The Balaban J connectivity index is 1.35. The number of H-pyrrole nitrogens is 1. The topological polar surface area (TPSA) is 84.9 Å². The molecule has 8 nitrogen and oxygen atoms in total. The lowest BCUT2D eigenvalue weighted by molar-refractivity contribution is 0.0743. The van der Waals surface area contributed by atoms with E-state index in [-0.39, 0.29) is 5.91 Å². The molecule has 5 aromatic rings. The van der Waals surface area contributed by atoms with Crippen LogP contribution in [0.2, 0.25) is 0 Å². The van der Waals surface area contributed by atoms with Crippen LogP contribution in [0.4, 0.5) is 0 Å². The van der Waals surface area contributed by atoms with Gasteiger partial charge in [-0.15, -0.1) is 0 Å². The van der Waals surface area contributed by atoms with Crippen molar-refractivity contribution in [3.8, 4) is 23.0 Å². The van der Waals surface area contributed by atoms with Crippen molar-refractivity contribution in [3.63, 3.8) is 0 Å². The van der Waals surface area contributed by atoms with Gasteiger partial charge in [0, 0.05) is 24.0 Å². The number of carbonyl (C=O) groups is 1. The number of amides is 1. The Morgan fingerprint density at radius 2 is 1.91 bits per heavy atom. The second kappa shape index (κ2) is 7.12. The third-order valence-corrected chi connectivity index (χ3v) is 5.79. The number of hydrogen-bond donors (Lipinski definition) is 1. The number of aryl methyl sites for hydroxylation is 1. The van der Waals surface area contributed by atoms with Crippen molar-refractivity contribution in [2.75, 3.05) is 0 Å². The number of nitrogens with one attached hydrogen (secondary N) is 1. The molecule has 0 saturated carbocycles. The van der Waals surface area contributed by atoms with Crippen LogP contribution in [0.15, 0.2) is 77.7 Å². The minimum Gasteiger partial charge on any atom is -0.463 e. The monoisotopic (exact) mass is 424 g/mol. The lowest BCUT2D eigenvalue weighted by Crippen LogP contribution is -2.26. The fourth-order valence-electron chi connectivity index (χ4n) is 4.21. The van der Waals surface area contributed by atoms with E-state index in [9.17, 15) is 4.79 Å². The summed E-state index contributed by atoms with van der Waals surface area (Å²) in [6.07, 6.45) is 5.59. The van der Waals surface area contributed by atoms with Crippen LogP contribution < -0.4 is 0 Å². The van der Waals surface area contributed by atoms with Gasteiger partial charge in [-0.3, -0.25) is 9.89 Å². The first-order valence-electron chi connectivity index (χ1n) is 10.4. The third kappa shape index (κ3) is 2.88. The number of aromatic amines is 1. The zero-order chi connectivity index (χ0) is 21.7. The molecule has 32 heavy (non-hydrogen) atoms. The second-order valence-corrected chi connectivity index (χ2v) is 7.84. The van der Waals surface area contributed by atoms with Crippen molar-refractivity contribution in [2.24, 2.45) is 0 Å². The van der Waals surface area contributed by atoms with Crippen LogP contribution in [0.3, 0.4) is 0 Å². The summed E-state index contributed by atoms with van der Waals surface area (Å²) < 4.78 is 9.42. The smallest absolute Gasteiger partial charge is 0.275 e. The highest BCUT2D eigenvalue weighted by Crippen LogP contribution is 2.32. The van der Waals surface area contributed by atoms with Crippen molar-refractivity contribution >= 4 is 5.91 Å². The van der Waals surface area contributed by atoms with Crippen LogP contribution in [0.25, 0.3) is 23.0 Å². The maximum absolute atomic E-state index is 13.2. The van der Waals surface area contributed by atoms with E-state index in [1.165, 1.54) is 0 Å². The van der Waals surface area contributed by atoms with Crippen molar-refractivity contribution in [1.82, 2.24) is 29.4 Å². The van der Waals surface area contributed by atoms with Gasteiger partial charge in [-0.2, -0.15) is 10.2 Å². The summed E-state index contributed by atoms with van der Waals surface area (Å²) in [5.41, 5.74) is 5.13. The molecule has 0 unspecified atom stereocenters. The fraction of sp³-hybridized carbons (Fsp3) is 0.125. The number of aromatic nitrogens is 5. The molecule has 0 fully saturated rings. The zero-order valence-electron chi connectivity index (χ0n) is 17.4. The molecule has 0 bridgehead atoms. The van der Waals surface area contributed by atoms with E-state index in [1.54, 1.807) is 23.3 Å². The van der Waals surface area contributed by atoms with Gasteiger partial charge in [-0.25, -0.2) is 4.68 Å². The Kier molecular flexibility index (Phi) is 4.10. The van der Waals surface area contributed by atoms with Crippen LogP contribution in [-0.2, 0) is 13.1 Å². The highest BCUT2D eigenvalue weighted by atomic mass is 16.3. The van der Waals surface area contributed by atoms with Gasteiger partial charge in [0.2, 0.25) is 0 Å². The van der Waals surface area contributed by atoms with Gasteiger partial charge in [-0.05, 0) is 42.8 Å². The number of benzene rings is 1. The minimum absolute atomic E-state index is 0.141. The van der Waals surface area contributed by atoms with Gasteiger partial charge in [0.15, 0.2) is 11.5 Å². The summed E-state index contributed by atoms with van der Waals surface area (Å²) in [4.78, 5) is 14.9. The predicted octanol–water partition coefficient (Wildman–Crippen LogP) is 4.11. The first-order valence-corrected chi connectivity index (χ1v) is 10.4. The molecule has 1 N–H and O–H groups in total. The highest BCUT2D eigenvalue weighted by Gasteiger charge is 2.33. The summed E-state index contributed by atoms with van der Waals surface area (Å²) in [6.45, 7) is 2.98. The minimum atomic E-state index is -0.141. The number of furan rings is 1. The van der Waals surface area contributed by atoms with Crippen LogP contribution in [0.5, 0.6) is 0 Å². The van der Waals surface area contributed by atoms with E-state index in [2.05, 4.69) is 33.8 Å². The molecule has 6 rings (SSSR count). The molecule has 0 saturated heterocycles. The predicted molar refractivity (Wildman–Crippen MR) is 117 cm³/mol. The van der Waals surface area contributed by atoms with E-state index in [0.717, 1.165) is 28.3 Å². The van der Waals surface area contributed by atoms with Crippen molar-refractivity contribution < 1.29 is 9.21 Å². The van der Waals surface area contributed by atoms with E-state index in [4.69, 9.17) is 9.52 Å². The average molecular weight is 424 g/mol. The molecule has 0 radical (unpaired) electrons. The van der Waals surface area contributed by atoms with Crippen LogP contribution in [0.1, 0.15) is 27.3 Å². The van der Waals surface area contributed by atoms with Gasteiger partial charge in [0.1, 0.15) is 11.5 Å². The van der Waals surface area contributed by atoms with E-state index in [1.807, 2.05) is 47.4 Å². The summed E-state index contributed by atoms with van der Waals surface area (Å²) >= 11 is 0. The fourth-order valence-corrected chi connectivity index (χ4v) is 4.21. The van der Waals surface area contributed by atoms with Crippen LogP contribution in [-0.4, -0.2) is 35.4 Å². The first kappa shape index (κ1) is 18.4. The molecule has 158 valence electrons. The Morgan fingerprint density at radius 3 is 2.69 bits per heavy atom. The number of para-hydroxylation sites is 1. The van der Waals surface area contributed by atoms with Crippen molar-refractivity contribution in [1.29, 1.82) is 0 Å². The number of fused-ring (bicyclic) bond motifs is 1. The summed E-state index contributed by atoms with van der Waals surface area (Å²) in [7, 11) is 0. The molecule has 0 atom stereocenters. The Hall–Kier alpha value is -4.33. The van der Waals surface area contributed by atoms with Crippen LogP contribution >= 0.6 is 0 Å². The maximum Gasteiger partial charge on any atom is 0.275 e. The average Bonchev–Trinajstić information content (AvgIpc) is 3.61. The number of rotatable bonds is 4. The maximum atomic E-state index is 13.2. The van der Waals surface area contributed by atoms with E-state index in [0.29, 0.717) is 30.2 Å². The highest BCUT2D eigenvalue weighted by molar-refractivity contribution is 5.93. The van der Waals surface area contributed by atoms with Crippen molar-refractivity contribution in [2.45, 2.75) is 20.0 Å². The zero-order valence-corrected chi connectivity index (χ0v) is 17.4. The summed E-state index contributed by atoms with van der Waals surface area (Å²) in [5, 5.41) is 12.0. The number of nitrogens with zero attached hydrogens (tertiary/aromatic N) is 5. The molecule has 1 aliphatic rings. The first-order chi connectivity index (χ1) is 15.7. The molecular weight excluding hydrogens is 404 g/mol. The van der Waals surface area contributed by atoms with Gasteiger partial charge >= 0.3 is 0 Å². The van der Waals surface area contributed by atoms with Gasteiger partial charge < -0.3 is 13.9 Å². The summed E-state index contributed by atoms with van der Waals surface area (Å²) in [5.74, 6) is 1.46. The van der Waals surface area contributed by atoms with E-state index < -0.39 is 0 Å². The second-order valence-electron chi connectivity index (χ2n) is 7.84. The summed E-state index contributed by atoms with van der Waals surface area (Å²) in [6, 6.07) is 17.5. The molecular formula is C24H20N6O2. The quantitative estimate of drug-likeness (QED) is 0.471. The normalized spacial score (nSPS) is 13.0. The van der Waals surface area contributed by atoms with Crippen LogP contribution in [0, 0.1) is 6.92 Å².